The molecule has 3 nitrogen and oxygen atoms in total. The van der Waals surface area contributed by atoms with Crippen LogP contribution in [0.5, 0.6) is 5.75 Å². The number of nitrogens with zero attached hydrogens (tertiary/aromatic N) is 1. The van der Waals surface area contributed by atoms with Crippen LogP contribution >= 0.6 is 22.6 Å². The maximum atomic E-state index is 12.6. The Morgan fingerprint density at radius 1 is 1.30 bits per heavy atom. The summed E-state index contributed by atoms with van der Waals surface area (Å²) in [5.41, 5.74) is 0.299. The van der Waals surface area contributed by atoms with Gasteiger partial charge >= 0.3 is 6.18 Å². The lowest BCUT2D eigenvalue weighted by Gasteiger charge is -2.33. The van der Waals surface area contributed by atoms with Gasteiger partial charge in [0.15, 0.2) is 0 Å². The molecule has 1 saturated heterocycles. The second-order valence-electron chi connectivity index (χ2n) is 4.77. The molecule has 0 unspecified atom stereocenters. The predicted octanol–water partition coefficient (Wildman–Crippen LogP) is 3.41. The minimum atomic E-state index is -4.18. The number of carbonyl (C=O) groups is 1. The van der Waals surface area contributed by atoms with Crippen LogP contribution in [0.1, 0.15) is 23.2 Å². The van der Waals surface area contributed by atoms with Crippen LogP contribution < -0.4 is 0 Å². The highest BCUT2D eigenvalue weighted by Crippen LogP contribution is 2.34. The third kappa shape index (κ3) is 3.36. The highest BCUT2D eigenvalue weighted by atomic mass is 127. The van der Waals surface area contributed by atoms with E-state index >= 15 is 0 Å². The van der Waals surface area contributed by atoms with Crippen molar-refractivity contribution < 1.29 is 23.1 Å². The van der Waals surface area contributed by atoms with Gasteiger partial charge in [-0.3, -0.25) is 4.79 Å². The molecule has 1 aromatic carbocycles. The van der Waals surface area contributed by atoms with Crippen LogP contribution in [0.3, 0.4) is 0 Å². The van der Waals surface area contributed by atoms with E-state index in [1.807, 2.05) is 22.6 Å². The maximum absolute atomic E-state index is 12.6. The number of benzene rings is 1. The van der Waals surface area contributed by atoms with E-state index in [4.69, 9.17) is 0 Å². The van der Waals surface area contributed by atoms with Crippen molar-refractivity contribution in [2.45, 2.75) is 19.0 Å². The van der Waals surface area contributed by atoms with Crippen LogP contribution in [0.2, 0.25) is 0 Å². The number of carbonyl (C=O) groups excluding carboxylic acids is 1. The van der Waals surface area contributed by atoms with Crippen molar-refractivity contribution in [3.63, 3.8) is 0 Å². The minimum Gasteiger partial charge on any atom is -0.507 e. The van der Waals surface area contributed by atoms with Crippen LogP contribution in [0.15, 0.2) is 18.2 Å². The summed E-state index contributed by atoms with van der Waals surface area (Å²) in [5.74, 6) is -1.66. The van der Waals surface area contributed by atoms with E-state index in [0.29, 0.717) is 9.13 Å². The lowest BCUT2D eigenvalue weighted by Crippen LogP contribution is -2.42. The number of piperidine rings is 1. The third-order valence-corrected chi connectivity index (χ3v) is 4.35. The molecule has 20 heavy (non-hydrogen) atoms. The number of amides is 1. The van der Waals surface area contributed by atoms with E-state index < -0.39 is 12.1 Å². The van der Waals surface area contributed by atoms with E-state index in [1.165, 1.54) is 11.0 Å². The van der Waals surface area contributed by atoms with Crippen LogP contribution in [0, 0.1) is 9.49 Å². The van der Waals surface area contributed by atoms with Crippen molar-refractivity contribution in [1.29, 1.82) is 0 Å². The number of phenolic OH excluding ortho intramolecular Hbond substituents is 1. The number of aromatic hydroxyl groups is 1. The molecule has 1 amide bonds. The lowest BCUT2D eigenvalue weighted by molar-refractivity contribution is -0.183. The first-order valence-corrected chi connectivity index (χ1v) is 7.21. The molecule has 1 heterocycles. The molecular weight excluding hydrogens is 386 g/mol. The molecule has 1 fully saturated rings. The molecule has 110 valence electrons. The molecule has 7 heteroatoms. The van der Waals surface area contributed by atoms with E-state index in [1.54, 1.807) is 12.1 Å². The fraction of sp³-hybridized carbons (Fsp3) is 0.462. The highest BCUT2D eigenvalue weighted by molar-refractivity contribution is 14.1. The van der Waals surface area contributed by atoms with Gasteiger partial charge in [0.25, 0.3) is 5.91 Å². The van der Waals surface area contributed by atoms with Crippen molar-refractivity contribution in [3.8, 4) is 5.75 Å². The summed E-state index contributed by atoms with van der Waals surface area (Å²) in [6, 6.07) is 4.52. The number of rotatable bonds is 1. The molecule has 1 aliphatic heterocycles. The Kier molecular flexibility index (Phi) is 4.46. The number of phenols is 1. The van der Waals surface area contributed by atoms with E-state index in [9.17, 15) is 23.1 Å². The molecule has 2 rings (SSSR count). The second-order valence-corrected chi connectivity index (χ2v) is 5.94. The van der Waals surface area contributed by atoms with Gasteiger partial charge in [-0.15, -0.1) is 0 Å². The highest BCUT2D eigenvalue weighted by Gasteiger charge is 2.41. The summed E-state index contributed by atoms with van der Waals surface area (Å²) in [5, 5.41) is 9.57. The number of alkyl halides is 3. The Labute approximate surface area is 127 Å². The summed E-state index contributed by atoms with van der Waals surface area (Å²) in [7, 11) is 0. The molecule has 0 radical (unpaired) electrons. The monoisotopic (exact) mass is 399 g/mol. The lowest BCUT2D eigenvalue weighted by atomic mass is 9.96. The van der Waals surface area contributed by atoms with Crippen molar-refractivity contribution in [2.24, 2.45) is 5.92 Å². The predicted molar refractivity (Wildman–Crippen MR) is 75.5 cm³/mol. The van der Waals surface area contributed by atoms with Gasteiger partial charge in [-0.25, -0.2) is 0 Å². The standard InChI is InChI=1S/C13H13F3INO2/c14-13(15,16)9-3-5-18(6-4-9)12(20)8-1-2-10(17)11(19)7-8/h1-2,7,9,19H,3-6H2. The average Bonchev–Trinajstić information content (AvgIpc) is 2.40. The van der Waals surface area contributed by atoms with Gasteiger partial charge in [-0.1, -0.05) is 0 Å². The largest absolute Gasteiger partial charge is 0.507 e. The summed E-state index contributed by atoms with van der Waals surface area (Å²) < 4.78 is 38.3. The van der Waals surface area contributed by atoms with Gasteiger partial charge < -0.3 is 10.0 Å². The van der Waals surface area contributed by atoms with Crippen molar-refractivity contribution in [2.75, 3.05) is 13.1 Å². The molecule has 0 atom stereocenters. The van der Waals surface area contributed by atoms with Crippen LogP contribution in [-0.2, 0) is 0 Å². The third-order valence-electron chi connectivity index (χ3n) is 3.44. The Morgan fingerprint density at radius 2 is 1.90 bits per heavy atom. The fourth-order valence-electron chi connectivity index (χ4n) is 2.24. The quantitative estimate of drug-likeness (QED) is 0.736. The Hall–Kier alpha value is -0.990. The zero-order valence-corrected chi connectivity index (χ0v) is 12.6. The molecule has 0 aliphatic carbocycles. The van der Waals surface area contributed by atoms with Crippen LogP contribution in [0.4, 0.5) is 13.2 Å². The summed E-state index contributed by atoms with van der Waals surface area (Å²) in [6.45, 7) is 0.186. The molecule has 0 saturated carbocycles. The fourth-order valence-corrected chi connectivity index (χ4v) is 2.57. The van der Waals surface area contributed by atoms with E-state index in [-0.39, 0.29) is 37.6 Å². The maximum Gasteiger partial charge on any atom is 0.391 e. The van der Waals surface area contributed by atoms with Gasteiger partial charge in [-0.05, 0) is 53.6 Å². The minimum absolute atomic E-state index is 0.00151. The zero-order valence-electron chi connectivity index (χ0n) is 10.5. The van der Waals surface area contributed by atoms with E-state index in [2.05, 4.69) is 0 Å². The number of halogens is 4. The SMILES string of the molecule is O=C(c1ccc(I)c(O)c1)N1CCC(C(F)(F)F)CC1. The van der Waals surface area contributed by atoms with Crippen molar-refractivity contribution in [3.05, 3.63) is 27.3 Å². The van der Waals surface area contributed by atoms with Crippen molar-refractivity contribution in [1.82, 2.24) is 4.90 Å². The Balaban J connectivity index is 2.03. The van der Waals surface area contributed by atoms with E-state index in [0.717, 1.165) is 0 Å². The van der Waals surface area contributed by atoms with Gasteiger partial charge in [-0.2, -0.15) is 13.2 Å². The first-order valence-electron chi connectivity index (χ1n) is 6.13. The molecule has 0 spiro atoms. The van der Waals surface area contributed by atoms with Gasteiger partial charge in [0, 0.05) is 18.7 Å². The number of hydrogen-bond acceptors (Lipinski definition) is 2. The molecule has 1 N–H and O–H groups in total. The summed E-state index contributed by atoms with van der Waals surface area (Å²) in [4.78, 5) is 13.6. The van der Waals surface area contributed by atoms with Gasteiger partial charge in [0.05, 0.1) is 9.49 Å². The number of likely N-dealkylation sites (tertiary alicyclic amines) is 1. The normalized spacial score (nSPS) is 17.3. The van der Waals surface area contributed by atoms with Crippen LogP contribution in [0.25, 0.3) is 0 Å². The first-order chi connectivity index (χ1) is 9.29. The summed E-state index contributed by atoms with van der Waals surface area (Å²) in [6.07, 6.45) is -4.31. The Bertz CT molecular complexity index is 511. The summed E-state index contributed by atoms with van der Waals surface area (Å²) >= 11 is 1.93. The zero-order chi connectivity index (χ0) is 14.9. The Morgan fingerprint density at radius 3 is 2.40 bits per heavy atom. The number of hydrogen-bond donors (Lipinski definition) is 1. The average molecular weight is 399 g/mol. The van der Waals surface area contributed by atoms with Gasteiger partial charge in [0.2, 0.25) is 0 Å². The second kappa shape index (κ2) is 5.79. The smallest absolute Gasteiger partial charge is 0.391 e. The first kappa shape index (κ1) is 15.4. The molecule has 1 aromatic rings. The van der Waals surface area contributed by atoms with Crippen LogP contribution in [-0.4, -0.2) is 35.2 Å². The molecular formula is C13H13F3INO2. The molecule has 0 bridgehead atoms. The topological polar surface area (TPSA) is 40.5 Å². The van der Waals surface area contributed by atoms with Crippen molar-refractivity contribution >= 4 is 28.5 Å². The molecule has 0 aromatic heterocycles. The molecule has 1 aliphatic rings. The van der Waals surface area contributed by atoms with Gasteiger partial charge in [0.1, 0.15) is 5.75 Å².